The molecule has 1 N–H and O–H groups in total. The van der Waals surface area contributed by atoms with Gasteiger partial charge >= 0.3 is 0 Å². The highest BCUT2D eigenvalue weighted by molar-refractivity contribution is 5.78. The molecule has 0 radical (unpaired) electrons. The first kappa shape index (κ1) is 18.5. The van der Waals surface area contributed by atoms with Gasteiger partial charge in [-0.2, -0.15) is 0 Å². The van der Waals surface area contributed by atoms with Crippen molar-refractivity contribution in [2.45, 2.75) is 26.9 Å². The summed E-state index contributed by atoms with van der Waals surface area (Å²) in [6.45, 7) is 8.69. The highest BCUT2D eigenvalue weighted by Crippen LogP contribution is 2.10. The Labute approximate surface area is 152 Å². The molecule has 0 bridgehead atoms. The molecule has 1 saturated heterocycles. The molecule has 0 saturated carbocycles. The van der Waals surface area contributed by atoms with Crippen molar-refractivity contribution in [2.75, 3.05) is 32.7 Å². The molecule has 2 heterocycles. The minimum absolute atomic E-state index is 0.00689. The third kappa shape index (κ3) is 5.12. The monoisotopic (exact) mass is 360 g/mol. The number of piperazine rings is 1. The zero-order valence-corrected chi connectivity index (χ0v) is 15.3. The predicted octanol–water partition coefficient (Wildman–Crippen LogP) is 1.86. The fourth-order valence-corrected chi connectivity index (χ4v) is 3.10. The Balaban J connectivity index is 1.38. The number of benzene rings is 1. The van der Waals surface area contributed by atoms with Crippen molar-refractivity contribution < 1.29 is 13.7 Å². The second-order valence-electron chi connectivity index (χ2n) is 6.84. The van der Waals surface area contributed by atoms with E-state index in [2.05, 4.69) is 20.3 Å². The average Bonchev–Trinajstić information content (AvgIpc) is 3.02. The highest BCUT2D eigenvalue weighted by Gasteiger charge is 2.19. The molecule has 1 fully saturated rings. The molecule has 0 spiro atoms. The quantitative estimate of drug-likeness (QED) is 0.852. The van der Waals surface area contributed by atoms with Crippen LogP contribution in [0.4, 0.5) is 4.39 Å². The van der Waals surface area contributed by atoms with Gasteiger partial charge in [-0.3, -0.25) is 14.6 Å². The van der Waals surface area contributed by atoms with Crippen LogP contribution in [0.3, 0.4) is 0 Å². The molecule has 140 valence electrons. The van der Waals surface area contributed by atoms with Gasteiger partial charge < -0.3 is 9.84 Å². The van der Waals surface area contributed by atoms with Gasteiger partial charge in [-0.15, -0.1) is 0 Å². The molecule has 1 aliphatic heterocycles. The summed E-state index contributed by atoms with van der Waals surface area (Å²) >= 11 is 0. The molecular weight excluding hydrogens is 335 g/mol. The molecule has 0 aliphatic carbocycles. The van der Waals surface area contributed by atoms with Gasteiger partial charge in [-0.05, 0) is 31.0 Å². The van der Waals surface area contributed by atoms with E-state index in [4.69, 9.17) is 4.52 Å². The number of hydrogen-bond acceptors (Lipinski definition) is 5. The molecule has 26 heavy (non-hydrogen) atoms. The Bertz CT molecular complexity index is 754. The normalized spacial score (nSPS) is 16.0. The third-order valence-electron chi connectivity index (χ3n) is 4.61. The van der Waals surface area contributed by atoms with Gasteiger partial charge in [-0.1, -0.05) is 17.3 Å². The lowest BCUT2D eigenvalue weighted by atomic mass is 10.1. The number of rotatable bonds is 6. The van der Waals surface area contributed by atoms with E-state index in [1.54, 1.807) is 19.1 Å². The van der Waals surface area contributed by atoms with E-state index < -0.39 is 0 Å². The van der Waals surface area contributed by atoms with Crippen LogP contribution in [0.5, 0.6) is 0 Å². The lowest BCUT2D eigenvalue weighted by Crippen LogP contribution is -2.49. The van der Waals surface area contributed by atoms with Crippen molar-refractivity contribution in [3.63, 3.8) is 0 Å². The Morgan fingerprint density at radius 1 is 1.19 bits per heavy atom. The van der Waals surface area contributed by atoms with Crippen molar-refractivity contribution in [3.8, 4) is 0 Å². The van der Waals surface area contributed by atoms with Gasteiger partial charge in [-0.25, -0.2) is 4.39 Å². The van der Waals surface area contributed by atoms with E-state index in [9.17, 15) is 9.18 Å². The van der Waals surface area contributed by atoms with Crippen LogP contribution in [0.2, 0.25) is 0 Å². The number of nitrogens with one attached hydrogen (secondary N) is 1. The van der Waals surface area contributed by atoms with E-state index >= 15 is 0 Å². The summed E-state index contributed by atoms with van der Waals surface area (Å²) in [6.07, 6.45) is 0. The number of nitrogens with zero attached hydrogens (tertiary/aromatic N) is 3. The van der Waals surface area contributed by atoms with Crippen LogP contribution < -0.4 is 5.32 Å². The van der Waals surface area contributed by atoms with E-state index in [1.807, 2.05) is 13.0 Å². The van der Waals surface area contributed by atoms with Crippen LogP contribution >= 0.6 is 0 Å². The van der Waals surface area contributed by atoms with Crippen LogP contribution in [-0.4, -0.2) is 53.6 Å². The van der Waals surface area contributed by atoms with Crippen molar-refractivity contribution in [1.29, 1.82) is 0 Å². The molecule has 0 atom stereocenters. The van der Waals surface area contributed by atoms with Crippen molar-refractivity contribution in [3.05, 3.63) is 52.7 Å². The Hall–Kier alpha value is -2.25. The van der Waals surface area contributed by atoms with Gasteiger partial charge in [0.15, 0.2) is 0 Å². The van der Waals surface area contributed by atoms with Crippen LogP contribution in [0.15, 0.2) is 28.8 Å². The minimum Gasteiger partial charge on any atom is -0.361 e. The van der Waals surface area contributed by atoms with Crippen LogP contribution in [0.1, 0.15) is 22.6 Å². The molecule has 1 aliphatic rings. The molecule has 3 rings (SSSR count). The van der Waals surface area contributed by atoms with Gasteiger partial charge in [0.1, 0.15) is 11.6 Å². The predicted molar refractivity (Wildman–Crippen MR) is 95.9 cm³/mol. The first-order chi connectivity index (χ1) is 12.5. The summed E-state index contributed by atoms with van der Waals surface area (Å²) in [5.74, 6) is 0.595. The fraction of sp³-hybridized carbons (Fsp3) is 0.474. The van der Waals surface area contributed by atoms with Crippen LogP contribution in [0, 0.1) is 19.7 Å². The molecule has 1 aromatic heterocycles. The summed E-state index contributed by atoms with van der Waals surface area (Å²) in [5.41, 5.74) is 2.45. The maximum Gasteiger partial charge on any atom is 0.234 e. The number of aromatic nitrogens is 1. The molecule has 6 nitrogen and oxygen atoms in total. The first-order valence-corrected chi connectivity index (χ1v) is 8.88. The Kier molecular flexibility index (Phi) is 6.00. The summed E-state index contributed by atoms with van der Waals surface area (Å²) in [7, 11) is 0. The van der Waals surface area contributed by atoms with Crippen LogP contribution in [-0.2, 0) is 17.9 Å². The molecule has 2 aromatic rings. The zero-order chi connectivity index (χ0) is 18.5. The van der Waals surface area contributed by atoms with Crippen molar-refractivity contribution >= 4 is 5.91 Å². The smallest absolute Gasteiger partial charge is 0.234 e. The maximum atomic E-state index is 13.3. The van der Waals surface area contributed by atoms with Gasteiger partial charge in [0.05, 0.1) is 12.2 Å². The van der Waals surface area contributed by atoms with E-state index in [0.717, 1.165) is 49.7 Å². The second kappa shape index (κ2) is 8.42. The molecular formula is C19H25FN4O2. The fourth-order valence-electron chi connectivity index (χ4n) is 3.10. The van der Waals surface area contributed by atoms with Gasteiger partial charge in [0.25, 0.3) is 0 Å². The molecule has 1 amide bonds. The Morgan fingerprint density at radius 2 is 1.92 bits per heavy atom. The van der Waals surface area contributed by atoms with Crippen molar-refractivity contribution in [2.24, 2.45) is 0 Å². The number of carbonyl (C=O) groups excluding carboxylic acids is 1. The molecule has 0 unspecified atom stereocenters. The van der Waals surface area contributed by atoms with E-state index in [-0.39, 0.29) is 11.7 Å². The molecule has 7 heteroatoms. The summed E-state index contributed by atoms with van der Waals surface area (Å²) < 4.78 is 18.4. The van der Waals surface area contributed by atoms with Gasteiger partial charge in [0, 0.05) is 45.3 Å². The van der Waals surface area contributed by atoms with E-state index in [1.165, 1.54) is 6.07 Å². The zero-order valence-electron chi connectivity index (χ0n) is 15.3. The van der Waals surface area contributed by atoms with Crippen molar-refractivity contribution in [1.82, 2.24) is 20.3 Å². The van der Waals surface area contributed by atoms with Gasteiger partial charge in [0.2, 0.25) is 5.91 Å². The number of amides is 1. The third-order valence-corrected chi connectivity index (χ3v) is 4.61. The number of hydrogen-bond donors (Lipinski definition) is 1. The van der Waals surface area contributed by atoms with E-state index in [0.29, 0.717) is 18.7 Å². The minimum atomic E-state index is -0.223. The summed E-state index contributed by atoms with van der Waals surface area (Å²) in [6, 6.07) is 6.86. The molecule has 1 aromatic carbocycles. The summed E-state index contributed by atoms with van der Waals surface area (Å²) in [5, 5.41) is 6.93. The largest absolute Gasteiger partial charge is 0.361 e. The second-order valence-corrected chi connectivity index (χ2v) is 6.84. The lowest BCUT2D eigenvalue weighted by molar-refractivity contribution is -0.122. The first-order valence-electron chi connectivity index (χ1n) is 8.88. The summed E-state index contributed by atoms with van der Waals surface area (Å²) in [4.78, 5) is 16.6. The maximum absolute atomic E-state index is 13.3. The SMILES string of the molecule is Cc1cc(CN2CCN(CC(=O)NCc3ccc(F)c(C)c3)CC2)no1. The standard InChI is InChI=1S/C19H25FN4O2/c1-14-9-16(3-4-18(14)20)11-21-19(25)13-24-7-5-23(6-8-24)12-17-10-15(2)26-22-17/h3-4,9-10H,5-8,11-13H2,1-2H3,(H,21,25). The number of aryl methyl sites for hydroxylation is 2. The topological polar surface area (TPSA) is 61.6 Å². The number of halogens is 1. The average molecular weight is 360 g/mol. The van der Waals surface area contributed by atoms with Crippen LogP contribution in [0.25, 0.3) is 0 Å². The highest BCUT2D eigenvalue weighted by atomic mass is 19.1. The lowest BCUT2D eigenvalue weighted by Gasteiger charge is -2.33. The Morgan fingerprint density at radius 3 is 2.58 bits per heavy atom. The number of carbonyl (C=O) groups is 1.